The number of benzene rings is 3. The summed E-state index contributed by atoms with van der Waals surface area (Å²) < 4.78 is 40.2. The molecule has 1 N–H and O–H groups in total. The molecule has 0 bridgehead atoms. The first kappa shape index (κ1) is 35.2. The average molecular weight is 725 g/mol. The number of morpholine rings is 1. The van der Waals surface area contributed by atoms with Gasteiger partial charge in [0.1, 0.15) is 0 Å². The zero-order chi connectivity index (χ0) is 33.8. The Morgan fingerprint density at radius 3 is 2.36 bits per heavy atom. The number of carbonyl (C=O) groups is 3. The molecule has 14 heteroatoms. The number of para-hydroxylation sites is 1. The average Bonchev–Trinajstić information content (AvgIpc) is 3.52. The van der Waals surface area contributed by atoms with E-state index in [-0.39, 0.29) is 23.7 Å². The largest absolute Gasteiger partial charge is 0.452 e. The summed E-state index contributed by atoms with van der Waals surface area (Å²) in [6.07, 6.45) is 5.38. The third kappa shape index (κ3) is 10.2. The number of sulfonamides is 1. The van der Waals surface area contributed by atoms with E-state index in [0.29, 0.717) is 24.5 Å². The van der Waals surface area contributed by atoms with Crippen molar-refractivity contribution in [1.82, 2.24) is 19.0 Å². The molecular formula is C33H34BrN5O7S. The van der Waals surface area contributed by atoms with Crippen LogP contribution in [0.1, 0.15) is 5.56 Å². The SMILES string of the molecule is CN(C)C=O.O=C(COC(=O)C=Cc1cn(-c2ccccc2)nc1-c1ccc(Br)cc1)Nc1cccc(S(=O)(=O)N2CCOCC2)c1. The van der Waals surface area contributed by atoms with Gasteiger partial charge in [0.25, 0.3) is 5.91 Å². The standard InChI is InChI=1S/C30H27BrN4O6S.C3H7NO/c31-24-12-9-22(10-13-24)30-23(20-35(33-30)26-6-2-1-3-7-26)11-14-29(37)41-21-28(36)32-25-5-4-8-27(19-25)42(38,39)34-15-17-40-18-16-34;1-4(2)3-5/h1-14,19-20H,15-18,21H2,(H,32,36);3H,1-2H3. The first-order valence-electron chi connectivity index (χ1n) is 14.4. The molecule has 0 unspecified atom stereocenters. The van der Waals surface area contributed by atoms with Gasteiger partial charge in [0, 0.05) is 60.7 Å². The van der Waals surface area contributed by atoms with Gasteiger partial charge in [-0.05, 0) is 48.5 Å². The van der Waals surface area contributed by atoms with Gasteiger partial charge < -0.3 is 19.7 Å². The molecule has 12 nitrogen and oxygen atoms in total. The molecule has 3 aromatic carbocycles. The van der Waals surface area contributed by atoms with Crippen molar-refractivity contribution in [2.45, 2.75) is 4.90 Å². The minimum absolute atomic E-state index is 0.0553. The maximum absolute atomic E-state index is 12.9. The Bertz CT molecular complexity index is 1800. The van der Waals surface area contributed by atoms with Gasteiger partial charge in [-0.2, -0.15) is 9.40 Å². The molecule has 1 aliphatic rings. The molecular weight excluding hydrogens is 690 g/mol. The van der Waals surface area contributed by atoms with Crippen LogP contribution in [0, 0.1) is 0 Å². The van der Waals surface area contributed by atoms with E-state index in [0.717, 1.165) is 22.1 Å². The highest BCUT2D eigenvalue weighted by Crippen LogP contribution is 2.26. The number of esters is 1. The number of nitrogens with one attached hydrogen (secondary N) is 1. The molecule has 1 aromatic heterocycles. The van der Waals surface area contributed by atoms with Crippen LogP contribution in [0.5, 0.6) is 0 Å². The predicted molar refractivity (Wildman–Crippen MR) is 181 cm³/mol. The summed E-state index contributed by atoms with van der Waals surface area (Å²) in [5.41, 5.74) is 3.34. The van der Waals surface area contributed by atoms with Gasteiger partial charge in [-0.1, -0.05) is 52.3 Å². The molecule has 1 aliphatic heterocycles. The number of ether oxygens (including phenoxy) is 2. The fourth-order valence-electron chi connectivity index (χ4n) is 4.26. The number of aromatic nitrogens is 2. The molecule has 5 rings (SSSR count). The van der Waals surface area contributed by atoms with E-state index in [9.17, 15) is 22.8 Å². The maximum atomic E-state index is 12.9. The second-order valence-electron chi connectivity index (χ2n) is 10.3. The Morgan fingerprint density at radius 1 is 1.02 bits per heavy atom. The smallest absolute Gasteiger partial charge is 0.331 e. The summed E-state index contributed by atoms with van der Waals surface area (Å²) in [5.74, 6) is -1.33. The summed E-state index contributed by atoms with van der Waals surface area (Å²) in [6, 6.07) is 23.2. The van der Waals surface area contributed by atoms with Crippen LogP contribution in [0.15, 0.2) is 101 Å². The third-order valence-electron chi connectivity index (χ3n) is 6.56. The zero-order valence-corrected chi connectivity index (χ0v) is 28.2. The fourth-order valence-corrected chi connectivity index (χ4v) is 5.98. The Labute approximate surface area is 281 Å². The number of carbonyl (C=O) groups excluding carboxylic acids is 3. The van der Waals surface area contributed by atoms with Crippen molar-refractivity contribution < 1.29 is 32.3 Å². The molecule has 246 valence electrons. The van der Waals surface area contributed by atoms with Gasteiger partial charge in [0.05, 0.1) is 29.5 Å². The first-order chi connectivity index (χ1) is 22.6. The lowest BCUT2D eigenvalue weighted by atomic mass is 10.1. The summed E-state index contributed by atoms with van der Waals surface area (Å²) in [4.78, 5) is 35.9. The van der Waals surface area contributed by atoms with Crippen LogP contribution in [0.25, 0.3) is 23.0 Å². The molecule has 0 saturated carbocycles. The Balaban J connectivity index is 0.000000930. The van der Waals surface area contributed by atoms with E-state index in [1.807, 2.05) is 54.6 Å². The topological polar surface area (TPSA) is 140 Å². The summed E-state index contributed by atoms with van der Waals surface area (Å²) in [5, 5.41) is 7.29. The lowest BCUT2D eigenvalue weighted by Crippen LogP contribution is -2.40. The minimum Gasteiger partial charge on any atom is -0.452 e. The number of hydrogen-bond acceptors (Lipinski definition) is 8. The van der Waals surface area contributed by atoms with Crippen molar-refractivity contribution >= 4 is 56.0 Å². The maximum Gasteiger partial charge on any atom is 0.331 e. The van der Waals surface area contributed by atoms with E-state index in [1.165, 1.54) is 33.5 Å². The van der Waals surface area contributed by atoms with Crippen LogP contribution in [0.2, 0.25) is 0 Å². The van der Waals surface area contributed by atoms with E-state index < -0.39 is 28.5 Å². The van der Waals surface area contributed by atoms with Gasteiger partial charge >= 0.3 is 5.97 Å². The number of rotatable bonds is 10. The van der Waals surface area contributed by atoms with Gasteiger partial charge in [0.15, 0.2) is 6.61 Å². The summed E-state index contributed by atoms with van der Waals surface area (Å²) in [7, 11) is -0.348. The van der Waals surface area contributed by atoms with Crippen molar-refractivity contribution in [3.63, 3.8) is 0 Å². The van der Waals surface area contributed by atoms with Crippen LogP contribution in [-0.4, -0.2) is 92.7 Å². The predicted octanol–water partition coefficient (Wildman–Crippen LogP) is 4.22. The van der Waals surface area contributed by atoms with Crippen molar-refractivity contribution in [1.29, 1.82) is 0 Å². The molecule has 0 radical (unpaired) electrons. The van der Waals surface area contributed by atoms with Crippen LogP contribution < -0.4 is 5.32 Å². The fraction of sp³-hybridized carbons (Fsp3) is 0.212. The van der Waals surface area contributed by atoms with Crippen LogP contribution in [0.3, 0.4) is 0 Å². The van der Waals surface area contributed by atoms with Crippen LogP contribution in [-0.2, 0) is 33.9 Å². The van der Waals surface area contributed by atoms with E-state index in [1.54, 1.807) is 37.1 Å². The van der Waals surface area contributed by atoms with Gasteiger partial charge in [-0.15, -0.1) is 0 Å². The normalized spacial score (nSPS) is 13.3. The van der Waals surface area contributed by atoms with Crippen LogP contribution >= 0.6 is 15.9 Å². The monoisotopic (exact) mass is 723 g/mol. The highest BCUT2D eigenvalue weighted by atomic mass is 79.9. The minimum atomic E-state index is -3.72. The second-order valence-corrected chi connectivity index (χ2v) is 13.2. The lowest BCUT2D eigenvalue weighted by molar-refractivity contribution is -0.142. The number of hydrogen-bond donors (Lipinski definition) is 1. The number of halogens is 1. The summed E-state index contributed by atoms with van der Waals surface area (Å²) >= 11 is 3.44. The summed E-state index contributed by atoms with van der Waals surface area (Å²) in [6.45, 7) is 0.638. The van der Waals surface area contributed by atoms with Gasteiger partial charge in [0.2, 0.25) is 16.4 Å². The molecule has 0 spiro atoms. The van der Waals surface area contributed by atoms with Crippen LogP contribution in [0.4, 0.5) is 5.69 Å². The number of anilines is 1. The van der Waals surface area contributed by atoms with Crippen molar-refractivity contribution in [3.05, 3.63) is 101 Å². The van der Waals surface area contributed by atoms with Crippen molar-refractivity contribution in [2.24, 2.45) is 0 Å². The second kappa shape index (κ2) is 16.8. The van der Waals surface area contributed by atoms with E-state index in [4.69, 9.17) is 14.6 Å². The Hall–Kier alpha value is -4.63. The molecule has 2 amide bonds. The third-order valence-corrected chi connectivity index (χ3v) is 8.99. The first-order valence-corrected chi connectivity index (χ1v) is 16.7. The molecule has 1 fully saturated rings. The lowest BCUT2D eigenvalue weighted by Gasteiger charge is -2.26. The highest BCUT2D eigenvalue weighted by molar-refractivity contribution is 9.10. The molecule has 1 saturated heterocycles. The molecule has 47 heavy (non-hydrogen) atoms. The zero-order valence-electron chi connectivity index (χ0n) is 25.8. The number of amides is 2. The van der Waals surface area contributed by atoms with E-state index in [2.05, 4.69) is 21.2 Å². The molecule has 0 atom stereocenters. The number of nitrogens with zero attached hydrogens (tertiary/aromatic N) is 4. The van der Waals surface area contributed by atoms with Crippen molar-refractivity contribution in [2.75, 3.05) is 52.3 Å². The molecule has 2 heterocycles. The van der Waals surface area contributed by atoms with Gasteiger partial charge in [-0.25, -0.2) is 17.9 Å². The molecule has 4 aromatic rings. The molecule has 0 aliphatic carbocycles. The van der Waals surface area contributed by atoms with Crippen molar-refractivity contribution in [3.8, 4) is 16.9 Å². The van der Waals surface area contributed by atoms with E-state index >= 15 is 0 Å². The Morgan fingerprint density at radius 2 is 1.70 bits per heavy atom. The van der Waals surface area contributed by atoms with Gasteiger partial charge in [-0.3, -0.25) is 9.59 Å². The Kier molecular flexibility index (Phi) is 12.6. The quantitative estimate of drug-likeness (QED) is 0.146. The highest BCUT2D eigenvalue weighted by Gasteiger charge is 2.26.